The van der Waals surface area contributed by atoms with Gasteiger partial charge in [0.2, 0.25) is 0 Å². The molecule has 3 N–H and O–H groups in total. The number of nitrogens with one attached hydrogen (secondary N) is 1. The van der Waals surface area contributed by atoms with E-state index in [1.807, 2.05) is 20.2 Å². The van der Waals surface area contributed by atoms with Crippen LogP contribution in [0.2, 0.25) is 0 Å². The van der Waals surface area contributed by atoms with Crippen molar-refractivity contribution in [2.45, 2.75) is 39.9 Å². The minimum absolute atomic E-state index is 0.0111. The Balaban J connectivity index is 1.50. The van der Waals surface area contributed by atoms with E-state index in [4.69, 9.17) is 15.2 Å². The van der Waals surface area contributed by atoms with Crippen LogP contribution in [0, 0.1) is 34.3 Å². The number of hydrogen-bond donors (Lipinski definition) is 2. The molecule has 1 aliphatic carbocycles. The van der Waals surface area contributed by atoms with Crippen molar-refractivity contribution in [3.63, 3.8) is 0 Å². The molecule has 0 atom stereocenters. The zero-order valence-corrected chi connectivity index (χ0v) is 24.2. The predicted molar refractivity (Wildman–Crippen MR) is 155 cm³/mol. The van der Waals surface area contributed by atoms with Gasteiger partial charge in [-0.3, -0.25) is 4.98 Å². The van der Waals surface area contributed by atoms with E-state index in [-0.39, 0.29) is 62.1 Å². The summed E-state index contributed by atoms with van der Waals surface area (Å²) in [6, 6.07) is 2.12. The Labute approximate surface area is 240 Å². The highest BCUT2D eigenvalue weighted by Gasteiger charge is 2.43. The smallest absolute Gasteiger partial charge is 0.319 e. The number of rotatable bonds is 9. The molecule has 1 fully saturated rings. The molecule has 2 aliphatic rings. The second-order valence-electron chi connectivity index (χ2n) is 11.5. The van der Waals surface area contributed by atoms with Gasteiger partial charge in [-0.1, -0.05) is 13.8 Å². The summed E-state index contributed by atoms with van der Waals surface area (Å²) >= 11 is 0.941. The maximum atomic E-state index is 16.8. The Kier molecular flexibility index (Phi) is 6.92. The van der Waals surface area contributed by atoms with Crippen LogP contribution in [-0.2, 0) is 18.0 Å². The number of nitrogens with two attached hydrogens (primary N) is 1. The van der Waals surface area contributed by atoms with Gasteiger partial charge in [0.05, 0.1) is 47.4 Å². The van der Waals surface area contributed by atoms with E-state index >= 15 is 4.39 Å². The zero-order chi connectivity index (χ0) is 29.1. The molecule has 1 saturated carbocycles. The van der Waals surface area contributed by atoms with Crippen molar-refractivity contribution in [3.8, 4) is 23.3 Å². The van der Waals surface area contributed by atoms with Crippen LogP contribution in [0.15, 0.2) is 6.20 Å². The van der Waals surface area contributed by atoms with Gasteiger partial charge in [0.15, 0.2) is 11.6 Å². The second kappa shape index (κ2) is 10.3. The number of nitriles is 1. The number of hydrogen-bond acceptors (Lipinski definition) is 10. The SMILES string of the molecule is CC(C)CNCC1(COc2nc(N(C)C)c3c4c(c(-c5ncc(F)c6sc(N)c(C#N)c56)c(F)c3n2)COC4)CC1. The summed E-state index contributed by atoms with van der Waals surface area (Å²) in [5.41, 5.74) is 7.73. The molecule has 0 amide bonds. The summed E-state index contributed by atoms with van der Waals surface area (Å²) in [4.78, 5) is 15.3. The van der Waals surface area contributed by atoms with Gasteiger partial charge in [0, 0.05) is 37.0 Å². The van der Waals surface area contributed by atoms with E-state index in [2.05, 4.69) is 34.1 Å². The second-order valence-corrected chi connectivity index (χ2v) is 12.6. The molecule has 0 bridgehead atoms. The van der Waals surface area contributed by atoms with Gasteiger partial charge in [-0.05, 0) is 36.4 Å². The summed E-state index contributed by atoms with van der Waals surface area (Å²) in [6.45, 7) is 6.85. The molecular formula is C29H31F2N7O2S. The topological polar surface area (TPSA) is 122 Å². The van der Waals surface area contributed by atoms with E-state index in [0.717, 1.165) is 49.0 Å². The van der Waals surface area contributed by atoms with Crippen LogP contribution >= 0.6 is 11.3 Å². The number of fused-ring (bicyclic) bond motifs is 4. The van der Waals surface area contributed by atoms with Crippen LogP contribution in [0.3, 0.4) is 0 Å². The van der Waals surface area contributed by atoms with Crippen LogP contribution in [0.5, 0.6) is 6.01 Å². The molecule has 1 aliphatic heterocycles. The van der Waals surface area contributed by atoms with Crippen molar-refractivity contribution in [3.05, 3.63) is 34.5 Å². The average molecular weight is 580 g/mol. The first-order valence-electron chi connectivity index (χ1n) is 13.5. The molecular weight excluding hydrogens is 548 g/mol. The number of thiophene rings is 1. The number of ether oxygens (including phenoxy) is 2. The summed E-state index contributed by atoms with van der Waals surface area (Å²) in [7, 11) is 3.66. The fourth-order valence-electron chi connectivity index (χ4n) is 5.41. The van der Waals surface area contributed by atoms with Crippen molar-refractivity contribution >= 4 is 43.1 Å². The molecule has 214 valence electrons. The number of aromatic nitrogens is 3. The van der Waals surface area contributed by atoms with E-state index in [0.29, 0.717) is 29.3 Å². The molecule has 9 nitrogen and oxygen atoms in total. The molecule has 4 aromatic rings. The van der Waals surface area contributed by atoms with Gasteiger partial charge >= 0.3 is 6.01 Å². The largest absolute Gasteiger partial charge is 0.463 e. The van der Waals surface area contributed by atoms with Crippen molar-refractivity contribution in [1.82, 2.24) is 20.3 Å². The monoisotopic (exact) mass is 579 g/mol. The number of pyridine rings is 1. The summed E-state index contributed by atoms with van der Waals surface area (Å²) in [5, 5.41) is 14.2. The van der Waals surface area contributed by atoms with Crippen molar-refractivity contribution < 1.29 is 18.3 Å². The lowest BCUT2D eigenvalue weighted by atomic mass is 9.93. The quantitative estimate of drug-likeness (QED) is 0.278. The Hall–Kier alpha value is -3.66. The maximum Gasteiger partial charge on any atom is 0.319 e. The number of nitrogens with zero attached hydrogens (tertiary/aromatic N) is 5. The van der Waals surface area contributed by atoms with Gasteiger partial charge < -0.3 is 25.4 Å². The lowest BCUT2D eigenvalue weighted by Gasteiger charge is -2.21. The number of halogens is 2. The molecule has 6 rings (SSSR count). The highest BCUT2D eigenvalue weighted by atomic mass is 32.1. The molecule has 4 heterocycles. The third-order valence-electron chi connectivity index (χ3n) is 7.74. The van der Waals surface area contributed by atoms with Gasteiger partial charge in [-0.2, -0.15) is 15.2 Å². The maximum absolute atomic E-state index is 16.8. The fourth-order valence-corrected chi connectivity index (χ4v) is 6.33. The molecule has 0 radical (unpaired) electrons. The van der Waals surface area contributed by atoms with Crippen molar-refractivity contribution in [1.29, 1.82) is 5.26 Å². The van der Waals surface area contributed by atoms with Crippen LogP contribution in [0.1, 0.15) is 43.4 Å². The highest BCUT2D eigenvalue weighted by molar-refractivity contribution is 7.23. The van der Waals surface area contributed by atoms with Crippen LogP contribution in [0.4, 0.5) is 19.6 Å². The molecule has 0 unspecified atom stereocenters. The molecule has 12 heteroatoms. The van der Waals surface area contributed by atoms with Crippen LogP contribution in [-0.4, -0.2) is 48.7 Å². The van der Waals surface area contributed by atoms with Gasteiger partial charge in [-0.25, -0.2) is 8.78 Å². The Morgan fingerprint density at radius 3 is 2.66 bits per heavy atom. The summed E-state index contributed by atoms with van der Waals surface area (Å²) in [5.74, 6) is -0.225. The standard InChI is InChI=1S/C29H31F2N7O2S/c1-14(2)8-34-12-29(5-6-29)13-40-28-36-24-21(27(37-28)38(3)4)17-11-39-10-16(17)19(22(24)31)23-20-15(7-32)26(33)41-25(20)18(30)9-35-23/h9,14,34H,5-6,8,10-13,33H2,1-4H3. The van der Waals surface area contributed by atoms with Crippen LogP contribution in [0.25, 0.3) is 32.2 Å². The lowest BCUT2D eigenvalue weighted by molar-refractivity contribution is 0.135. The number of anilines is 2. The average Bonchev–Trinajstić information content (AvgIpc) is 3.37. The third kappa shape index (κ3) is 4.71. The first kappa shape index (κ1) is 27.5. The Bertz CT molecular complexity index is 1730. The zero-order valence-electron chi connectivity index (χ0n) is 23.4. The van der Waals surface area contributed by atoms with E-state index in [9.17, 15) is 9.65 Å². The first-order valence-corrected chi connectivity index (χ1v) is 14.4. The molecule has 0 saturated heterocycles. The third-order valence-corrected chi connectivity index (χ3v) is 8.77. The molecule has 41 heavy (non-hydrogen) atoms. The first-order chi connectivity index (χ1) is 19.6. The lowest BCUT2D eigenvalue weighted by Crippen LogP contribution is -2.31. The molecule has 0 spiro atoms. The Morgan fingerprint density at radius 2 is 1.98 bits per heavy atom. The fraction of sp³-hybridized carbons (Fsp3) is 0.448. The van der Waals surface area contributed by atoms with E-state index in [1.165, 1.54) is 0 Å². The molecule has 1 aromatic carbocycles. The highest BCUT2D eigenvalue weighted by Crippen LogP contribution is 2.47. The predicted octanol–water partition coefficient (Wildman–Crippen LogP) is 5.14. The van der Waals surface area contributed by atoms with E-state index < -0.39 is 11.6 Å². The Morgan fingerprint density at radius 1 is 1.22 bits per heavy atom. The minimum Gasteiger partial charge on any atom is -0.463 e. The summed E-state index contributed by atoms with van der Waals surface area (Å²) in [6.07, 6.45) is 3.10. The normalized spacial score (nSPS) is 15.5. The minimum atomic E-state index is -0.659. The van der Waals surface area contributed by atoms with Gasteiger partial charge in [0.25, 0.3) is 0 Å². The summed E-state index contributed by atoms with van der Waals surface area (Å²) < 4.78 is 43.6. The van der Waals surface area contributed by atoms with Crippen LogP contribution < -0.4 is 20.7 Å². The van der Waals surface area contributed by atoms with E-state index in [1.54, 1.807) is 4.90 Å². The van der Waals surface area contributed by atoms with Gasteiger partial charge in [0.1, 0.15) is 22.4 Å². The number of benzene rings is 1. The van der Waals surface area contributed by atoms with Gasteiger partial charge in [-0.15, -0.1) is 11.3 Å². The number of nitrogen functional groups attached to an aromatic ring is 1. The molecule has 3 aromatic heterocycles. The van der Waals surface area contributed by atoms with Crippen molar-refractivity contribution in [2.75, 3.05) is 44.4 Å². The van der Waals surface area contributed by atoms with Crippen molar-refractivity contribution in [2.24, 2.45) is 11.3 Å².